The van der Waals surface area contributed by atoms with E-state index < -0.39 is 10.8 Å². The molecule has 0 amide bonds. The highest BCUT2D eigenvalue weighted by Gasteiger charge is 2.58. The second kappa shape index (κ2) is 14.7. The van der Waals surface area contributed by atoms with Gasteiger partial charge in [-0.2, -0.15) is 0 Å². The van der Waals surface area contributed by atoms with Gasteiger partial charge in [0.2, 0.25) is 0 Å². The van der Waals surface area contributed by atoms with Gasteiger partial charge in [-0.3, -0.25) is 0 Å². The van der Waals surface area contributed by atoms with E-state index in [1.165, 1.54) is 76.6 Å². The molecule has 1 aromatic heterocycles. The first-order valence-corrected chi connectivity index (χ1v) is 23.8. The third-order valence-corrected chi connectivity index (χ3v) is 15.6. The second-order valence-electron chi connectivity index (χ2n) is 17.7. The summed E-state index contributed by atoms with van der Waals surface area (Å²) in [7, 11) is 0. The number of hydrogen-bond acceptors (Lipinski definition) is 4. The zero-order valence-electron chi connectivity index (χ0n) is 36.3. The van der Waals surface area contributed by atoms with Gasteiger partial charge >= 0.3 is 0 Å². The summed E-state index contributed by atoms with van der Waals surface area (Å²) in [5, 5.41) is 2.25. The summed E-state index contributed by atoms with van der Waals surface area (Å²) in [6.07, 6.45) is 0. The molecule has 312 valence electrons. The highest BCUT2D eigenvalue weighted by molar-refractivity contribution is 7.99. The Bertz CT molecular complexity index is 3710. The van der Waals surface area contributed by atoms with Crippen LogP contribution in [-0.2, 0) is 10.8 Å². The van der Waals surface area contributed by atoms with Gasteiger partial charge in [0.1, 0.15) is 0 Å². The van der Waals surface area contributed by atoms with Crippen molar-refractivity contribution in [1.29, 1.82) is 0 Å². The lowest BCUT2D eigenvalue weighted by molar-refractivity contribution is 0.605. The van der Waals surface area contributed by atoms with E-state index in [2.05, 4.69) is 218 Å². The summed E-state index contributed by atoms with van der Waals surface area (Å²) < 4.78 is 0. The van der Waals surface area contributed by atoms with E-state index in [4.69, 9.17) is 15.0 Å². The van der Waals surface area contributed by atoms with Crippen molar-refractivity contribution < 1.29 is 0 Å². The van der Waals surface area contributed by atoms with Gasteiger partial charge in [-0.05, 0) is 95.7 Å². The SMILES string of the molecule is c1ccc(-c2nc(-c3ccc4c(c3)Sc3ccccc3C43c4ccccc4C4(c5ccccc5-c5ccccc54)c4ccccc43)nc(-c3ccc(-c4ccccc4)c4ccccc34)n2)cc1. The van der Waals surface area contributed by atoms with E-state index in [0.29, 0.717) is 17.5 Å². The van der Waals surface area contributed by atoms with Gasteiger partial charge in [0.05, 0.1) is 10.8 Å². The summed E-state index contributed by atoms with van der Waals surface area (Å²) in [6, 6.07) is 86.5. The second-order valence-corrected chi connectivity index (χ2v) is 18.8. The predicted octanol–water partition coefficient (Wildman–Crippen LogP) is 15.2. The van der Waals surface area contributed by atoms with Crippen molar-refractivity contribution in [2.24, 2.45) is 0 Å². The molecule has 0 fully saturated rings. The van der Waals surface area contributed by atoms with Gasteiger partial charge in [0.15, 0.2) is 17.5 Å². The highest BCUT2D eigenvalue weighted by atomic mass is 32.2. The maximum absolute atomic E-state index is 5.38. The lowest BCUT2D eigenvalue weighted by Crippen LogP contribution is -2.45. The molecule has 10 aromatic carbocycles. The van der Waals surface area contributed by atoms with Crippen molar-refractivity contribution in [3.05, 3.63) is 281 Å². The van der Waals surface area contributed by atoms with Crippen molar-refractivity contribution in [3.63, 3.8) is 0 Å². The minimum atomic E-state index is -0.612. The number of benzene rings is 10. The van der Waals surface area contributed by atoms with Crippen LogP contribution >= 0.6 is 11.8 Å². The van der Waals surface area contributed by atoms with Crippen LogP contribution < -0.4 is 0 Å². The molecular formula is C63H39N3S. The third-order valence-electron chi connectivity index (χ3n) is 14.5. The average Bonchev–Trinajstić information content (AvgIpc) is 3.70. The molecule has 0 atom stereocenters. The molecule has 67 heavy (non-hydrogen) atoms. The molecule has 0 bridgehead atoms. The first-order valence-electron chi connectivity index (χ1n) is 22.9. The van der Waals surface area contributed by atoms with Crippen LogP contribution in [0.5, 0.6) is 0 Å². The van der Waals surface area contributed by atoms with E-state index in [1.54, 1.807) is 0 Å². The Morgan fingerprint density at radius 2 is 0.672 bits per heavy atom. The lowest BCUT2D eigenvalue weighted by Gasteiger charge is -2.51. The molecule has 2 aliphatic carbocycles. The molecule has 1 aliphatic heterocycles. The van der Waals surface area contributed by atoms with Gasteiger partial charge in [0, 0.05) is 26.5 Å². The highest BCUT2D eigenvalue weighted by Crippen LogP contribution is 2.67. The fourth-order valence-corrected chi connectivity index (χ4v) is 13.1. The van der Waals surface area contributed by atoms with Crippen LogP contribution in [0.15, 0.2) is 246 Å². The fourth-order valence-electron chi connectivity index (χ4n) is 11.9. The molecule has 3 nitrogen and oxygen atoms in total. The molecule has 0 saturated heterocycles. The van der Waals surface area contributed by atoms with E-state index in [-0.39, 0.29) is 0 Å². The van der Waals surface area contributed by atoms with Crippen molar-refractivity contribution in [2.45, 2.75) is 20.6 Å². The minimum Gasteiger partial charge on any atom is -0.208 e. The van der Waals surface area contributed by atoms with Crippen LogP contribution in [0, 0.1) is 0 Å². The monoisotopic (exact) mass is 869 g/mol. The molecule has 2 spiro atoms. The standard InChI is InChI=1S/C63H39N3S/c1-3-19-40(20-4-1)43-36-37-48(45-24-8-7-23-44(43)45)61-65-59(41-21-5-2-6-22-41)64-60(66-61)42-35-38-56-58(39-42)67-57-34-18-17-33-55(57)63(56)53-31-15-13-29-51(53)62(52-30-14-16-32-54(52)63)49-27-11-9-25-46(49)47-26-10-12-28-50(47)62/h1-39H. The number of nitrogens with zero attached hydrogens (tertiary/aromatic N) is 3. The average molecular weight is 870 g/mol. The Balaban J connectivity index is 1.01. The maximum Gasteiger partial charge on any atom is 0.164 e. The molecule has 2 heterocycles. The van der Waals surface area contributed by atoms with Gasteiger partial charge in [0.25, 0.3) is 0 Å². The Kier molecular flexibility index (Phi) is 8.34. The van der Waals surface area contributed by atoms with E-state index >= 15 is 0 Å². The fraction of sp³-hybridized carbons (Fsp3) is 0.0317. The van der Waals surface area contributed by atoms with Crippen molar-refractivity contribution in [2.75, 3.05) is 0 Å². The largest absolute Gasteiger partial charge is 0.208 e. The lowest BCUT2D eigenvalue weighted by atomic mass is 9.51. The third kappa shape index (κ3) is 5.33. The number of aromatic nitrogens is 3. The smallest absolute Gasteiger partial charge is 0.164 e. The van der Waals surface area contributed by atoms with Crippen LogP contribution in [0.4, 0.5) is 0 Å². The van der Waals surface area contributed by atoms with Gasteiger partial charge in [-0.1, -0.05) is 230 Å². The van der Waals surface area contributed by atoms with Crippen molar-refractivity contribution in [3.8, 4) is 56.4 Å². The van der Waals surface area contributed by atoms with Crippen LogP contribution in [0.3, 0.4) is 0 Å². The molecule has 3 aliphatic rings. The Morgan fingerprint density at radius 3 is 1.28 bits per heavy atom. The molecule has 0 radical (unpaired) electrons. The van der Waals surface area contributed by atoms with E-state index in [0.717, 1.165) is 27.5 Å². The van der Waals surface area contributed by atoms with Gasteiger partial charge in [-0.15, -0.1) is 0 Å². The van der Waals surface area contributed by atoms with Crippen molar-refractivity contribution >= 4 is 22.5 Å². The number of rotatable bonds is 4. The van der Waals surface area contributed by atoms with Crippen LogP contribution in [-0.4, -0.2) is 15.0 Å². The van der Waals surface area contributed by atoms with Crippen LogP contribution in [0.2, 0.25) is 0 Å². The number of fused-ring (bicyclic) bond motifs is 16. The molecule has 4 heteroatoms. The summed E-state index contributed by atoms with van der Waals surface area (Å²) in [5.74, 6) is 1.92. The Labute approximate surface area is 393 Å². The summed E-state index contributed by atoms with van der Waals surface area (Å²) in [6.45, 7) is 0. The van der Waals surface area contributed by atoms with Crippen LogP contribution in [0.25, 0.3) is 67.2 Å². The van der Waals surface area contributed by atoms with E-state index in [9.17, 15) is 0 Å². The summed E-state index contributed by atoms with van der Waals surface area (Å²) in [5.41, 5.74) is 17.2. The van der Waals surface area contributed by atoms with E-state index in [1.807, 2.05) is 30.0 Å². The van der Waals surface area contributed by atoms with Gasteiger partial charge in [-0.25, -0.2) is 15.0 Å². The number of hydrogen-bond donors (Lipinski definition) is 0. The molecule has 11 aromatic rings. The van der Waals surface area contributed by atoms with Crippen molar-refractivity contribution in [1.82, 2.24) is 15.0 Å². The summed E-state index contributed by atoms with van der Waals surface area (Å²) in [4.78, 5) is 18.3. The zero-order valence-corrected chi connectivity index (χ0v) is 37.1. The Morgan fingerprint density at radius 1 is 0.254 bits per heavy atom. The summed E-state index contributed by atoms with van der Waals surface area (Å²) >= 11 is 1.84. The first-order chi connectivity index (χ1) is 33.2. The normalized spacial score (nSPS) is 14.1. The Hall–Kier alpha value is -8.18. The predicted molar refractivity (Wildman–Crippen MR) is 272 cm³/mol. The first kappa shape index (κ1) is 38.1. The van der Waals surface area contributed by atoms with Crippen LogP contribution in [0.1, 0.15) is 44.5 Å². The maximum atomic E-state index is 5.38. The molecule has 0 saturated carbocycles. The molecule has 0 N–H and O–H groups in total. The topological polar surface area (TPSA) is 38.7 Å². The minimum absolute atomic E-state index is 0.496. The quantitative estimate of drug-likeness (QED) is 0.177. The molecule has 14 rings (SSSR count). The van der Waals surface area contributed by atoms with Gasteiger partial charge < -0.3 is 0 Å². The molecule has 0 unspecified atom stereocenters. The zero-order chi connectivity index (χ0) is 44.1. The molecular weight excluding hydrogens is 831 g/mol.